The number of ether oxygens (including phenoxy) is 1. The van der Waals surface area contributed by atoms with Crippen LogP contribution in [-0.4, -0.2) is 16.6 Å². The van der Waals surface area contributed by atoms with Gasteiger partial charge in [-0.25, -0.2) is 4.98 Å². The third-order valence-electron chi connectivity index (χ3n) is 1.03. The van der Waals surface area contributed by atoms with Crippen LogP contribution >= 0.6 is 11.6 Å². The van der Waals surface area contributed by atoms with Crippen molar-refractivity contribution in [1.82, 2.24) is 9.97 Å². The lowest BCUT2D eigenvalue weighted by molar-refractivity contribution is 0.328. The molecule has 0 atom stereocenters. The Bertz CT molecular complexity index is 254. The van der Waals surface area contributed by atoms with Crippen LogP contribution in [0.25, 0.3) is 0 Å². The van der Waals surface area contributed by atoms with Gasteiger partial charge in [0.15, 0.2) is 0 Å². The summed E-state index contributed by atoms with van der Waals surface area (Å²) in [5.74, 6) is 0.340. The first-order valence-electron chi connectivity index (χ1n) is 3.15. The van der Waals surface area contributed by atoms with Gasteiger partial charge in [-0.3, -0.25) is 0 Å². The van der Waals surface area contributed by atoms with E-state index in [1.807, 2.05) is 6.92 Å². The van der Waals surface area contributed by atoms with Gasteiger partial charge in [-0.2, -0.15) is 4.98 Å². The van der Waals surface area contributed by atoms with E-state index < -0.39 is 0 Å². The first-order chi connectivity index (χ1) is 5.24. The molecule has 11 heavy (non-hydrogen) atoms. The minimum Gasteiger partial charge on any atom is -0.476 e. The molecule has 0 aliphatic rings. The maximum absolute atomic E-state index is 5.49. The number of hydrogen-bond donors (Lipinski definition) is 1. The van der Waals surface area contributed by atoms with Crippen LogP contribution in [0.1, 0.15) is 6.92 Å². The summed E-state index contributed by atoms with van der Waals surface area (Å²) in [6, 6.07) is 0. The van der Waals surface area contributed by atoms with Crippen molar-refractivity contribution >= 4 is 17.3 Å². The van der Waals surface area contributed by atoms with E-state index >= 15 is 0 Å². The van der Waals surface area contributed by atoms with Gasteiger partial charge in [0.05, 0.1) is 12.8 Å². The van der Waals surface area contributed by atoms with Gasteiger partial charge in [-0.15, -0.1) is 0 Å². The minimum absolute atomic E-state index is 0.141. The lowest BCUT2D eigenvalue weighted by Crippen LogP contribution is -2.00. The molecular weight excluding hydrogens is 166 g/mol. The molecule has 0 radical (unpaired) electrons. The third kappa shape index (κ3) is 1.94. The summed E-state index contributed by atoms with van der Waals surface area (Å²) in [5.41, 5.74) is 5.87. The van der Waals surface area contributed by atoms with Gasteiger partial charge in [0, 0.05) is 0 Å². The topological polar surface area (TPSA) is 61.0 Å². The van der Waals surface area contributed by atoms with Crippen molar-refractivity contribution in [2.45, 2.75) is 6.92 Å². The van der Waals surface area contributed by atoms with Crippen molar-refractivity contribution in [1.29, 1.82) is 0 Å². The molecule has 4 nitrogen and oxygen atoms in total. The average Bonchev–Trinajstić information content (AvgIpc) is 1.98. The first kappa shape index (κ1) is 8.07. The molecule has 5 heteroatoms. The molecule has 2 N–H and O–H groups in total. The highest BCUT2D eigenvalue weighted by atomic mass is 35.5. The molecule has 0 amide bonds. The molecule has 1 heterocycles. The Labute approximate surface area is 69.4 Å². The molecule has 0 aromatic carbocycles. The Hall–Kier alpha value is -1.03. The second-order valence-corrected chi connectivity index (χ2v) is 2.17. The number of halogens is 1. The Kier molecular flexibility index (Phi) is 2.48. The molecule has 1 aromatic rings. The molecule has 0 saturated carbocycles. The molecule has 60 valence electrons. The van der Waals surface area contributed by atoms with E-state index in [0.717, 1.165) is 0 Å². The van der Waals surface area contributed by atoms with Crippen LogP contribution in [0.5, 0.6) is 5.88 Å². The quantitative estimate of drug-likeness (QED) is 0.681. The van der Waals surface area contributed by atoms with Gasteiger partial charge < -0.3 is 10.5 Å². The van der Waals surface area contributed by atoms with Crippen molar-refractivity contribution < 1.29 is 4.74 Å². The van der Waals surface area contributed by atoms with Crippen molar-refractivity contribution in [2.75, 3.05) is 12.3 Å². The molecule has 0 aliphatic heterocycles. The van der Waals surface area contributed by atoms with Crippen molar-refractivity contribution in [3.8, 4) is 5.88 Å². The van der Waals surface area contributed by atoms with E-state index in [4.69, 9.17) is 22.1 Å². The van der Waals surface area contributed by atoms with E-state index in [1.54, 1.807) is 0 Å². The lowest BCUT2D eigenvalue weighted by Gasteiger charge is -2.03. The van der Waals surface area contributed by atoms with Crippen LogP contribution in [0.4, 0.5) is 5.69 Å². The van der Waals surface area contributed by atoms with Crippen LogP contribution < -0.4 is 10.5 Å². The molecule has 0 spiro atoms. The maximum atomic E-state index is 5.49. The fourth-order valence-electron chi connectivity index (χ4n) is 0.608. The molecular formula is C6H8ClN3O. The summed E-state index contributed by atoms with van der Waals surface area (Å²) in [6.45, 7) is 2.35. The predicted molar refractivity (Wildman–Crippen MR) is 42.6 cm³/mol. The first-order valence-corrected chi connectivity index (χ1v) is 3.52. The van der Waals surface area contributed by atoms with Gasteiger partial charge in [0.1, 0.15) is 5.69 Å². The average molecular weight is 174 g/mol. The normalized spacial score (nSPS) is 9.64. The second-order valence-electron chi connectivity index (χ2n) is 1.83. The Morgan fingerprint density at radius 3 is 3.09 bits per heavy atom. The number of nitrogens with zero attached hydrogens (tertiary/aromatic N) is 2. The van der Waals surface area contributed by atoms with Gasteiger partial charge >= 0.3 is 0 Å². The van der Waals surface area contributed by atoms with Crippen molar-refractivity contribution in [2.24, 2.45) is 0 Å². The Morgan fingerprint density at radius 2 is 2.45 bits per heavy atom. The number of rotatable bonds is 2. The zero-order chi connectivity index (χ0) is 8.27. The highest BCUT2D eigenvalue weighted by Gasteiger charge is 2.01. The van der Waals surface area contributed by atoms with Crippen LogP contribution in [0.3, 0.4) is 0 Å². The van der Waals surface area contributed by atoms with E-state index in [0.29, 0.717) is 18.2 Å². The predicted octanol–water partition coefficient (Wildman–Crippen LogP) is 1.11. The SMILES string of the molecule is CCOc1nc(Cl)ncc1N. The molecule has 1 rings (SSSR count). The van der Waals surface area contributed by atoms with E-state index in [1.165, 1.54) is 6.20 Å². The second kappa shape index (κ2) is 3.39. The summed E-state index contributed by atoms with van der Waals surface area (Å²) in [6.07, 6.45) is 1.42. The Morgan fingerprint density at radius 1 is 1.73 bits per heavy atom. The van der Waals surface area contributed by atoms with Crippen molar-refractivity contribution in [3.05, 3.63) is 11.5 Å². The summed E-state index contributed by atoms with van der Waals surface area (Å²) >= 11 is 5.49. The van der Waals surface area contributed by atoms with Gasteiger partial charge in [-0.05, 0) is 18.5 Å². The fourth-order valence-corrected chi connectivity index (χ4v) is 0.733. The number of hydrogen-bond acceptors (Lipinski definition) is 4. The summed E-state index contributed by atoms with van der Waals surface area (Å²) in [4.78, 5) is 7.44. The van der Waals surface area contributed by atoms with E-state index in [-0.39, 0.29) is 5.28 Å². The molecule has 0 unspecified atom stereocenters. The van der Waals surface area contributed by atoms with Crippen LogP contribution in [0.15, 0.2) is 6.20 Å². The molecule has 0 aliphatic carbocycles. The molecule has 1 aromatic heterocycles. The zero-order valence-corrected chi connectivity index (χ0v) is 6.80. The molecule has 0 fully saturated rings. The minimum atomic E-state index is 0.141. The molecule has 0 saturated heterocycles. The fraction of sp³-hybridized carbons (Fsp3) is 0.333. The summed E-state index contributed by atoms with van der Waals surface area (Å²) in [7, 11) is 0. The number of nitrogen functional groups attached to an aromatic ring is 1. The standard InChI is InChI=1S/C6H8ClN3O/c1-2-11-5-4(8)3-9-6(7)10-5/h3H,2,8H2,1H3. The monoisotopic (exact) mass is 173 g/mol. The number of anilines is 1. The van der Waals surface area contributed by atoms with Gasteiger partial charge in [0.25, 0.3) is 0 Å². The third-order valence-corrected chi connectivity index (χ3v) is 1.21. The Balaban J connectivity index is 2.93. The lowest BCUT2D eigenvalue weighted by atomic mass is 10.5. The van der Waals surface area contributed by atoms with Gasteiger partial charge in [0.2, 0.25) is 11.2 Å². The van der Waals surface area contributed by atoms with Crippen molar-refractivity contribution in [3.63, 3.8) is 0 Å². The summed E-state index contributed by atoms with van der Waals surface area (Å²) in [5, 5.41) is 0.141. The zero-order valence-electron chi connectivity index (χ0n) is 6.04. The number of nitrogens with two attached hydrogens (primary N) is 1. The highest BCUT2D eigenvalue weighted by Crippen LogP contribution is 2.17. The number of aromatic nitrogens is 2. The van der Waals surface area contributed by atoms with Crippen LogP contribution in [0, 0.1) is 0 Å². The van der Waals surface area contributed by atoms with E-state index in [2.05, 4.69) is 9.97 Å². The smallest absolute Gasteiger partial charge is 0.241 e. The van der Waals surface area contributed by atoms with Crippen LogP contribution in [0.2, 0.25) is 5.28 Å². The molecule has 0 bridgehead atoms. The summed E-state index contributed by atoms with van der Waals surface area (Å²) < 4.78 is 5.06. The largest absolute Gasteiger partial charge is 0.476 e. The highest BCUT2D eigenvalue weighted by molar-refractivity contribution is 6.28. The van der Waals surface area contributed by atoms with Gasteiger partial charge in [-0.1, -0.05) is 0 Å². The van der Waals surface area contributed by atoms with E-state index in [9.17, 15) is 0 Å². The van der Waals surface area contributed by atoms with Crippen LogP contribution in [-0.2, 0) is 0 Å². The maximum Gasteiger partial charge on any atom is 0.241 e.